The Morgan fingerprint density at radius 1 is 1.28 bits per heavy atom. The van der Waals surface area contributed by atoms with Gasteiger partial charge in [-0.3, -0.25) is 4.79 Å². The molecule has 0 saturated heterocycles. The van der Waals surface area contributed by atoms with Crippen LogP contribution in [0.25, 0.3) is 21.7 Å². The van der Waals surface area contributed by atoms with E-state index in [1.165, 1.54) is 18.3 Å². The van der Waals surface area contributed by atoms with E-state index in [4.69, 9.17) is 11.6 Å². The molecule has 0 saturated carbocycles. The maximum absolute atomic E-state index is 11.3. The smallest absolute Gasteiger partial charge is 0.222 e. The Morgan fingerprint density at radius 2 is 2.08 bits per heavy atom. The van der Waals surface area contributed by atoms with Crippen molar-refractivity contribution >= 4 is 34.7 Å². The van der Waals surface area contributed by atoms with Crippen molar-refractivity contribution in [1.29, 1.82) is 0 Å². The molecule has 25 heavy (non-hydrogen) atoms. The molecular formula is C18H16ClN3O2S. The van der Waals surface area contributed by atoms with E-state index < -0.39 is 6.10 Å². The van der Waals surface area contributed by atoms with E-state index in [1.54, 1.807) is 25.3 Å². The van der Waals surface area contributed by atoms with Crippen molar-refractivity contribution in [2.75, 3.05) is 5.32 Å². The molecule has 2 N–H and O–H groups in total. The number of hydrogen-bond donors (Lipinski definition) is 2. The molecule has 7 heteroatoms. The summed E-state index contributed by atoms with van der Waals surface area (Å²) in [7, 11) is 0. The largest absolute Gasteiger partial charge is 0.386 e. The molecule has 2 aromatic heterocycles. The summed E-state index contributed by atoms with van der Waals surface area (Å²) in [5.74, 6) is 0.280. The molecule has 0 fully saturated rings. The minimum Gasteiger partial charge on any atom is -0.386 e. The van der Waals surface area contributed by atoms with Gasteiger partial charge in [-0.05, 0) is 36.8 Å². The summed E-state index contributed by atoms with van der Waals surface area (Å²) < 4.78 is 0. The van der Waals surface area contributed by atoms with E-state index >= 15 is 0 Å². The van der Waals surface area contributed by atoms with Crippen LogP contribution >= 0.6 is 22.9 Å². The third kappa shape index (κ3) is 4.04. The number of anilines is 1. The Balaban J connectivity index is 2.13. The maximum Gasteiger partial charge on any atom is 0.222 e. The van der Waals surface area contributed by atoms with E-state index in [2.05, 4.69) is 15.3 Å². The molecule has 0 bridgehead atoms. The van der Waals surface area contributed by atoms with Gasteiger partial charge in [0.1, 0.15) is 16.9 Å². The molecule has 3 aromatic rings. The zero-order chi connectivity index (χ0) is 18.0. The molecule has 1 amide bonds. The Morgan fingerprint density at radius 3 is 2.76 bits per heavy atom. The fourth-order valence-electron chi connectivity index (χ4n) is 2.36. The number of carbonyl (C=O) groups is 1. The van der Waals surface area contributed by atoms with Crippen molar-refractivity contribution in [3.05, 3.63) is 52.6 Å². The fraction of sp³-hybridized carbons (Fsp3) is 0.167. The number of pyridine rings is 1. The molecule has 128 valence electrons. The highest BCUT2D eigenvalue weighted by Gasteiger charge is 2.18. The molecule has 5 nitrogen and oxygen atoms in total. The number of rotatable bonds is 4. The van der Waals surface area contributed by atoms with E-state index in [0.29, 0.717) is 15.8 Å². The molecule has 0 aliphatic rings. The second kappa shape index (κ2) is 7.31. The third-order valence-electron chi connectivity index (χ3n) is 3.43. The average Bonchev–Trinajstić information content (AvgIpc) is 3.00. The molecule has 0 radical (unpaired) electrons. The van der Waals surface area contributed by atoms with Crippen LogP contribution in [0.4, 0.5) is 5.82 Å². The van der Waals surface area contributed by atoms with Gasteiger partial charge in [-0.25, -0.2) is 9.97 Å². The van der Waals surface area contributed by atoms with E-state index in [0.717, 1.165) is 21.7 Å². The Bertz CT molecular complexity index is 924. The number of thiazole rings is 1. The first kappa shape index (κ1) is 17.5. The van der Waals surface area contributed by atoms with Gasteiger partial charge in [0.15, 0.2) is 0 Å². The summed E-state index contributed by atoms with van der Waals surface area (Å²) >= 11 is 7.52. The Hall–Kier alpha value is -2.28. The van der Waals surface area contributed by atoms with Crippen LogP contribution in [0.3, 0.4) is 0 Å². The van der Waals surface area contributed by atoms with Gasteiger partial charge in [0, 0.05) is 23.7 Å². The lowest BCUT2D eigenvalue weighted by Gasteiger charge is -2.06. The van der Waals surface area contributed by atoms with Gasteiger partial charge in [0.2, 0.25) is 5.91 Å². The quantitative estimate of drug-likeness (QED) is 0.704. The molecule has 0 aliphatic carbocycles. The van der Waals surface area contributed by atoms with Crippen molar-refractivity contribution < 1.29 is 9.90 Å². The van der Waals surface area contributed by atoms with Gasteiger partial charge < -0.3 is 10.4 Å². The second-order valence-electron chi connectivity index (χ2n) is 5.53. The van der Waals surface area contributed by atoms with Gasteiger partial charge in [-0.15, -0.1) is 11.3 Å². The molecule has 0 unspecified atom stereocenters. The number of hydrogen-bond acceptors (Lipinski definition) is 5. The number of aromatic nitrogens is 2. The topological polar surface area (TPSA) is 75.1 Å². The predicted molar refractivity (Wildman–Crippen MR) is 101 cm³/mol. The molecule has 3 rings (SSSR count). The van der Waals surface area contributed by atoms with Crippen molar-refractivity contribution in [2.24, 2.45) is 0 Å². The predicted octanol–water partition coefficient (Wildman–Crippen LogP) is 4.54. The summed E-state index contributed by atoms with van der Waals surface area (Å²) in [6.07, 6.45) is 0.956. The first-order chi connectivity index (χ1) is 11.9. The summed E-state index contributed by atoms with van der Waals surface area (Å²) in [4.78, 5) is 20.9. The van der Waals surface area contributed by atoms with Gasteiger partial charge >= 0.3 is 0 Å². The number of aliphatic hydroxyl groups is 1. The first-order valence-electron chi connectivity index (χ1n) is 7.63. The van der Waals surface area contributed by atoms with Gasteiger partial charge in [0.05, 0.1) is 10.6 Å². The minimum absolute atomic E-state index is 0.186. The van der Waals surface area contributed by atoms with Crippen LogP contribution in [0.15, 0.2) is 42.6 Å². The minimum atomic E-state index is -0.673. The fourth-order valence-corrected chi connectivity index (χ4v) is 3.57. The highest BCUT2D eigenvalue weighted by molar-refractivity contribution is 7.15. The molecular weight excluding hydrogens is 358 g/mol. The highest BCUT2D eigenvalue weighted by atomic mass is 35.5. The normalized spacial score (nSPS) is 12.0. The standard InChI is InChI=1S/C18H16ClN3O2S/c1-10(23)18-22-16(12-4-3-5-14(19)8-12)17(25-18)13-6-7-20-15(9-13)21-11(2)24/h3-10,23H,1-2H3,(H,20,21,24)/t10-/m1/s1. The summed E-state index contributed by atoms with van der Waals surface area (Å²) in [6.45, 7) is 3.11. The van der Waals surface area contributed by atoms with Gasteiger partial charge in [0.25, 0.3) is 0 Å². The maximum atomic E-state index is 11.3. The van der Waals surface area contributed by atoms with Gasteiger partial charge in [-0.1, -0.05) is 23.7 Å². The lowest BCUT2D eigenvalue weighted by atomic mass is 10.1. The van der Waals surface area contributed by atoms with Crippen molar-refractivity contribution in [3.63, 3.8) is 0 Å². The zero-order valence-corrected chi connectivity index (χ0v) is 15.2. The van der Waals surface area contributed by atoms with Crippen LogP contribution in [0.1, 0.15) is 25.0 Å². The number of benzene rings is 1. The third-order valence-corrected chi connectivity index (χ3v) is 4.94. The van der Waals surface area contributed by atoms with Crippen LogP contribution in [-0.2, 0) is 4.79 Å². The summed E-state index contributed by atoms with van der Waals surface area (Å²) in [5, 5.41) is 13.8. The SMILES string of the molecule is CC(=O)Nc1cc(-c2sc([C@@H](C)O)nc2-c2cccc(Cl)c2)ccn1. The number of nitrogens with one attached hydrogen (secondary N) is 1. The highest BCUT2D eigenvalue weighted by Crippen LogP contribution is 2.39. The number of halogens is 1. The van der Waals surface area contributed by atoms with Gasteiger partial charge in [-0.2, -0.15) is 0 Å². The number of carbonyl (C=O) groups excluding carboxylic acids is 1. The summed E-state index contributed by atoms with van der Waals surface area (Å²) in [6, 6.07) is 11.0. The monoisotopic (exact) mass is 373 g/mol. The molecule has 1 aromatic carbocycles. The van der Waals surface area contributed by atoms with Crippen LogP contribution in [0.5, 0.6) is 0 Å². The molecule has 2 heterocycles. The van der Waals surface area contributed by atoms with E-state index in [-0.39, 0.29) is 5.91 Å². The van der Waals surface area contributed by atoms with Crippen LogP contribution in [0.2, 0.25) is 5.02 Å². The Labute approximate surface area is 154 Å². The molecule has 0 spiro atoms. The second-order valence-corrected chi connectivity index (χ2v) is 6.99. The molecule has 0 aliphatic heterocycles. The van der Waals surface area contributed by atoms with E-state index in [9.17, 15) is 9.90 Å². The van der Waals surface area contributed by atoms with Crippen LogP contribution in [0, 0.1) is 0 Å². The zero-order valence-electron chi connectivity index (χ0n) is 13.7. The Kier molecular flexibility index (Phi) is 5.13. The van der Waals surface area contributed by atoms with E-state index in [1.807, 2.05) is 24.3 Å². The van der Waals surface area contributed by atoms with Crippen LogP contribution in [-0.4, -0.2) is 21.0 Å². The number of amides is 1. The summed E-state index contributed by atoms with van der Waals surface area (Å²) in [5.41, 5.74) is 2.46. The van der Waals surface area contributed by atoms with Crippen molar-refractivity contribution in [3.8, 4) is 21.7 Å². The van der Waals surface area contributed by atoms with Crippen molar-refractivity contribution in [2.45, 2.75) is 20.0 Å². The average molecular weight is 374 g/mol. The first-order valence-corrected chi connectivity index (χ1v) is 8.82. The van der Waals surface area contributed by atoms with Crippen molar-refractivity contribution in [1.82, 2.24) is 9.97 Å². The number of aliphatic hydroxyl groups excluding tert-OH is 1. The molecule has 1 atom stereocenters. The van der Waals surface area contributed by atoms with Crippen LogP contribution < -0.4 is 5.32 Å². The number of nitrogens with zero attached hydrogens (tertiary/aromatic N) is 2. The lowest BCUT2D eigenvalue weighted by Crippen LogP contribution is -2.07. The lowest BCUT2D eigenvalue weighted by molar-refractivity contribution is -0.114.